The lowest BCUT2D eigenvalue weighted by Crippen LogP contribution is -2.16. The first-order valence-corrected chi connectivity index (χ1v) is 6.63. The van der Waals surface area contributed by atoms with Gasteiger partial charge in [0.2, 0.25) is 0 Å². The van der Waals surface area contributed by atoms with Crippen LogP contribution in [0.2, 0.25) is 0 Å². The van der Waals surface area contributed by atoms with Gasteiger partial charge in [-0.15, -0.1) is 0 Å². The summed E-state index contributed by atoms with van der Waals surface area (Å²) in [6, 6.07) is 5.41. The fourth-order valence-corrected chi connectivity index (χ4v) is 2.33. The molecule has 1 aliphatic heterocycles. The molecular weight excluding hydrogens is 258 g/mol. The van der Waals surface area contributed by atoms with E-state index in [9.17, 15) is 0 Å². The van der Waals surface area contributed by atoms with Crippen LogP contribution in [0.4, 0.5) is 5.69 Å². The maximum Gasteiger partial charge on any atom is 0.258 e. The molecule has 6 nitrogen and oxygen atoms in total. The Morgan fingerprint density at radius 3 is 3.00 bits per heavy atom. The highest BCUT2D eigenvalue weighted by Gasteiger charge is 2.22. The molecule has 0 amide bonds. The first-order chi connectivity index (χ1) is 9.78. The van der Waals surface area contributed by atoms with Gasteiger partial charge in [0.1, 0.15) is 5.75 Å². The number of nitrogens with two attached hydrogens (primary N) is 1. The average Bonchev–Trinajstić information content (AvgIpc) is 2.98. The monoisotopic (exact) mass is 275 g/mol. The van der Waals surface area contributed by atoms with Gasteiger partial charge >= 0.3 is 0 Å². The Hall–Kier alpha value is -2.08. The van der Waals surface area contributed by atoms with Gasteiger partial charge in [-0.1, -0.05) is 5.16 Å². The lowest BCUT2D eigenvalue weighted by atomic mass is 10.0. The van der Waals surface area contributed by atoms with Gasteiger partial charge in [-0.05, 0) is 31.0 Å². The minimum absolute atomic E-state index is 0.219. The van der Waals surface area contributed by atoms with Crippen LogP contribution in [0.25, 0.3) is 11.5 Å². The fraction of sp³-hybridized carbons (Fsp3) is 0.429. The molecule has 2 heterocycles. The largest absolute Gasteiger partial charge is 0.495 e. The minimum Gasteiger partial charge on any atom is -0.495 e. The second-order valence-corrected chi connectivity index (χ2v) is 4.83. The molecule has 0 radical (unpaired) electrons. The minimum atomic E-state index is 0.219. The van der Waals surface area contributed by atoms with E-state index >= 15 is 0 Å². The molecule has 6 heteroatoms. The number of benzene rings is 1. The number of aromatic nitrogens is 2. The van der Waals surface area contributed by atoms with Crippen molar-refractivity contribution in [2.24, 2.45) is 0 Å². The fourth-order valence-electron chi connectivity index (χ4n) is 2.33. The lowest BCUT2D eigenvalue weighted by molar-refractivity contribution is 0.0773. The molecule has 0 aliphatic carbocycles. The van der Waals surface area contributed by atoms with E-state index in [0.717, 1.165) is 25.0 Å². The zero-order valence-corrected chi connectivity index (χ0v) is 11.3. The normalized spacial score (nSPS) is 18.9. The summed E-state index contributed by atoms with van der Waals surface area (Å²) in [7, 11) is 1.58. The summed E-state index contributed by atoms with van der Waals surface area (Å²) in [5, 5.41) is 4.05. The summed E-state index contributed by atoms with van der Waals surface area (Å²) in [6.45, 7) is 1.47. The Labute approximate surface area is 116 Å². The van der Waals surface area contributed by atoms with Gasteiger partial charge in [-0.25, -0.2) is 0 Å². The number of nitrogen functional groups attached to an aromatic ring is 1. The molecule has 1 unspecified atom stereocenters. The van der Waals surface area contributed by atoms with Gasteiger partial charge in [0, 0.05) is 18.1 Å². The van der Waals surface area contributed by atoms with Gasteiger partial charge in [-0.2, -0.15) is 4.98 Å². The Morgan fingerprint density at radius 2 is 2.30 bits per heavy atom. The highest BCUT2D eigenvalue weighted by molar-refractivity contribution is 5.65. The zero-order chi connectivity index (χ0) is 13.9. The summed E-state index contributed by atoms with van der Waals surface area (Å²) in [5.41, 5.74) is 7.22. The average molecular weight is 275 g/mol. The third-order valence-electron chi connectivity index (χ3n) is 3.44. The third kappa shape index (κ3) is 2.46. The van der Waals surface area contributed by atoms with Crippen LogP contribution >= 0.6 is 0 Å². The SMILES string of the molecule is COc1ccc(-c2nc(C3CCCOC3)no2)cc1N. The number of ether oxygens (including phenoxy) is 2. The van der Waals surface area contributed by atoms with E-state index in [0.29, 0.717) is 29.8 Å². The topological polar surface area (TPSA) is 83.4 Å². The van der Waals surface area contributed by atoms with Crippen molar-refractivity contribution in [3.63, 3.8) is 0 Å². The van der Waals surface area contributed by atoms with E-state index in [1.54, 1.807) is 19.2 Å². The third-order valence-corrected chi connectivity index (χ3v) is 3.44. The van der Waals surface area contributed by atoms with Gasteiger partial charge < -0.3 is 19.7 Å². The van der Waals surface area contributed by atoms with Crippen molar-refractivity contribution in [3.05, 3.63) is 24.0 Å². The zero-order valence-electron chi connectivity index (χ0n) is 11.3. The van der Waals surface area contributed by atoms with E-state index in [-0.39, 0.29) is 5.92 Å². The highest BCUT2D eigenvalue weighted by atomic mass is 16.5. The Morgan fingerprint density at radius 1 is 1.40 bits per heavy atom. The van der Waals surface area contributed by atoms with E-state index in [1.165, 1.54) is 0 Å². The molecule has 0 saturated carbocycles. The van der Waals surface area contributed by atoms with Gasteiger partial charge in [0.05, 0.1) is 19.4 Å². The summed E-state index contributed by atoms with van der Waals surface area (Å²) in [5.74, 6) is 2.03. The maximum atomic E-state index is 5.88. The maximum absolute atomic E-state index is 5.88. The molecule has 0 bridgehead atoms. The van der Waals surface area contributed by atoms with Gasteiger partial charge in [-0.3, -0.25) is 0 Å². The number of rotatable bonds is 3. The van der Waals surface area contributed by atoms with E-state index in [4.69, 9.17) is 19.7 Å². The molecule has 1 saturated heterocycles. The molecule has 0 spiro atoms. The quantitative estimate of drug-likeness (QED) is 0.865. The van der Waals surface area contributed by atoms with Crippen molar-refractivity contribution in [2.75, 3.05) is 26.1 Å². The van der Waals surface area contributed by atoms with Crippen molar-refractivity contribution in [2.45, 2.75) is 18.8 Å². The molecule has 1 fully saturated rings. The van der Waals surface area contributed by atoms with E-state index in [2.05, 4.69) is 10.1 Å². The predicted molar refractivity (Wildman–Crippen MR) is 73.5 cm³/mol. The smallest absolute Gasteiger partial charge is 0.258 e. The standard InChI is InChI=1S/C14H17N3O3/c1-18-12-5-4-9(7-11(12)15)14-16-13(17-20-14)10-3-2-6-19-8-10/h4-5,7,10H,2-3,6,8,15H2,1H3. The van der Waals surface area contributed by atoms with Gasteiger partial charge in [0.15, 0.2) is 5.82 Å². The molecule has 1 atom stereocenters. The lowest BCUT2D eigenvalue weighted by Gasteiger charge is -2.18. The van der Waals surface area contributed by atoms with Crippen LogP contribution in [-0.4, -0.2) is 30.5 Å². The molecule has 20 heavy (non-hydrogen) atoms. The molecule has 3 rings (SSSR count). The second kappa shape index (κ2) is 5.50. The molecule has 2 aromatic rings. The molecular formula is C14H17N3O3. The highest BCUT2D eigenvalue weighted by Crippen LogP contribution is 2.29. The number of hydrogen-bond acceptors (Lipinski definition) is 6. The number of anilines is 1. The Kier molecular flexibility index (Phi) is 3.56. The van der Waals surface area contributed by atoms with Crippen LogP contribution in [0, 0.1) is 0 Å². The second-order valence-electron chi connectivity index (χ2n) is 4.83. The van der Waals surface area contributed by atoms with Crippen molar-refractivity contribution < 1.29 is 14.0 Å². The summed E-state index contributed by atoms with van der Waals surface area (Å²) >= 11 is 0. The van der Waals surface area contributed by atoms with E-state index in [1.807, 2.05) is 6.07 Å². The number of methoxy groups -OCH3 is 1. The Balaban J connectivity index is 1.84. The van der Waals surface area contributed by atoms with Crippen molar-refractivity contribution in [1.29, 1.82) is 0 Å². The van der Waals surface area contributed by atoms with Crippen LogP contribution in [-0.2, 0) is 4.74 Å². The molecule has 2 N–H and O–H groups in total. The predicted octanol–water partition coefficient (Wildman–Crippen LogP) is 2.22. The summed E-state index contributed by atoms with van der Waals surface area (Å²) < 4.78 is 15.9. The Bertz CT molecular complexity index is 591. The van der Waals surface area contributed by atoms with Crippen LogP contribution in [0.5, 0.6) is 5.75 Å². The molecule has 1 aromatic heterocycles. The van der Waals surface area contributed by atoms with Crippen LogP contribution < -0.4 is 10.5 Å². The first kappa shape index (κ1) is 12.9. The van der Waals surface area contributed by atoms with Crippen molar-refractivity contribution in [3.8, 4) is 17.2 Å². The van der Waals surface area contributed by atoms with Crippen molar-refractivity contribution in [1.82, 2.24) is 10.1 Å². The summed E-state index contributed by atoms with van der Waals surface area (Å²) in [4.78, 5) is 4.45. The van der Waals surface area contributed by atoms with Gasteiger partial charge in [0.25, 0.3) is 5.89 Å². The van der Waals surface area contributed by atoms with Crippen LogP contribution in [0.1, 0.15) is 24.6 Å². The number of hydrogen-bond donors (Lipinski definition) is 1. The van der Waals surface area contributed by atoms with E-state index < -0.39 is 0 Å². The number of nitrogens with zero attached hydrogens (tertiary/aromatic N) is 2. The first-order valence-electron chi connectivity index (χ1n) is 6.63. The molecule has 1 aromatic carbocycles. The van der Waals surface area contributed by atoms with Crippen molar-refractivity contribution >= 4 is 5.69 Å². The van der Waals surface area contributed by atoms with Crippen LogP contribution in [0.3, 0.4) is 0 Å². The molecule has 106 valence electrons. The molecule has 1 aliphatic rings. The van der Waals surface area contributed by atoms with Crippen LogP contribution in [0.15, 0.2) is 22.7 Å². The summed E-state index contributed by atoms with van der Waals surface area (Å²) in [6.07, 6.45) is 2.06.